The number of benzene rings is 1. The lowest BCUT2D eigenvalue weighted by Crippen LogP contribution is -2.15. The van der Waals surface area contributed by atoms with Crippen molar-refractivity contribution < 1.29 is 4.74 Å². The zero-order valence-corrected chi connectivity index (χ0v) is 29.8. The minimum absolute atomic E-state index is 0.848. The molecule has 1 aromatic rings. The molecule has 0 radical (unpaired) electrons. The molecule has 2 aliphatic carbocycles. The third-order valence-electron chi connectivity index (χ3n) is 8.41. The highest BCUT2D eigenvalue weighted by Crippen LogP contribution is 2.34. The summed E-state index contributed by atoms with van der Waals surface area (Å²) in [5.74, 6) is 1.77. The number of aliphatic imine (C=N–C) groups is 1. The Balaban J connectivity index is 0.000000461. The fourth-order valence-corrected chi connectivity index (χ4v) is 5.06. The third kappa shape index (κ3) is 15.6. The highest BCUT2D eigenvalue weighted by Gasteiger charge is 2.19. The first-order valence-corrected chi connectivity index (χ1v) is 17.3. The van der Waals surface area contributed by atoms with Gasteiger partial charge in [0, 0.05) is 23.5 Å². The molecule has 0 spiro atoms. The van der Waals surface area contributed by atoms with E-state index in [-0.39, 0.29) is 0 Å². The first kappa shape index (κ1) is 39.0. The van der Waals surface area contributed by atoms with Gasteiger partial charge in [-0.3, -0.25) is 4.99 Å². The SMILES string of the molecule is C=N/C(C)=C\C=C(/CCCC)C1CCCC1.CC.CCC(C)=C/C=C\C(NC(Cc1cccc(OC)c1)=C1CC1)=C(C)CC. The Bertz CT molecular complexity index is 1160. The number of hydrogen-bond donors (Lipinski definition) is 1. The molecule has 0 aliphatic heterocycles. The topological polar surface area (TPSA) is 33.6 Å². The first-order chi connectivity index (χ1) is 21.3. The Morgan fingerprint density at radius 3 is 2.27 bits per heavy atom. The van der Waals surface area contributed by atoms with Crippen molar-refractivity contribution in [3.05, 3.63) is 99.6 Å². The molecule has 0 amide bonds. The maximum absolute atomic E-state index is 5.37. The van der Waals surface area contributed by atoms with Gasteiger partial charge in [-0.2, -0.15) is 0 Å². The predicted molar refractivity (Wildman–Crippen MR) is 196 cm³/mol. The molecule has 2 saturated carbocycles. The molecule has 44 heavy (non-hydrogen) atoms. The number of methoxy groups -OCH3 is 1. The van der Waals surface area contributed by atoms with Crippen LogP contribution in [0.2, 0.25) is 0 Å². The highest BCUT2D eigenvalue weighted by atomic mass is 16.5. The molecule has 3 nitrogen and oxygen atoms in total. The van der Waals surface area contributed by atoms with Crippen LogP contribution in [0.1, 0.15) is 132 Å². The van der Waals surface area contributed by atoms with Crippen LogP contribution in [0, 0.1) is 5.92 Å². The van der Waals surface area contributed by atoms with E-state index in [1.54, 1.807) is 18.3 Å². The number of nitrogens with zero attached hydrogens (tertiary/aromatic N) is 1. The van der Waals surface area contributed by atoms with Gasteiger partial charge in [0.1, 0.15) is 5.75 Å². The van der Waals surface area contributed by atoms with Crippen molar-refractivity contribution >= 4 is 6.72 Å². The van der Waals surface area contributed by atoms with Crippen LogP contribution >= 0.6 is 0 Å². The summed E-state index contributed by atoms with van der Waals surface area (Å²) < 4.78 is 5.37. The van der Waals surface area contributed by atoms with E-state index in [0.717, 1.165) is 36.6 Å². The van der Waals surface area contributed by atoms with Gasteiger partial charge >= 0.3 is 0 Å². The average Bonchev–Trinajstić information content (AvgIpc) is 3.77. The first-order valence-electron chi connectivity index (χ1n) is 17.3. The molecule has 3 rings (SSSR count). The van der Waals surface area contributed by atoms with Crippen LogP contribution in [0.25, 0.3) is 0 Å². The van der Waals surface area contributed by atoms with Crippen molar-refractivity contribution in [2.24, 2.45) is 10.9 Å². The summed E-state index contributed by atoms with van der Waals surface area (Å²) in [6.07, 6.45) is 26.0. The van der Waals surface area contributed by atoms with Crippen LogP contribution in [-0.4, -0.2) is 13.8 Å². The molecule has 0 saturated heterocycles. The predicted octanol–water partition coefficient (Wildman–Crippen LogP) is 12.4. The van der Waals surface area contributed by atoms with Crippen LogP contribution in [-0.2, 0) is 6.42 Å². The molecule has 3 heteroatoms. The summed E-state index contributed by atoms with van der Waals surface area (Å²) in [4.78, 5) is 3.93. The summed E-state index contributed by atoms with van der Waals surface area (Å²) in [5, 5.41) is 3.75. The van der Waals surface area contributed by atoms with Crippen LogP contribution in [0.3, 0.4) is 0 Å². The molecule has 244 valence electrons. The quantitative estimate of drug-likeness (QED) is 0.160. The molecule has 0 heterocycles. The van der Waals surface area contributed by atoms with Gasteiger partial charge in [-0.15, -0.1) is 0 Å². The third-order valence-corrected chi connectivity index (χ3v) is 8.41. The van der Waals surface area contributed by atoms with Gasteiger partial charge in [-0.1, -0.05) is 101 Å². The number of ether oxygens (including phenoxy) is 1. The lowest BCUT2D eigenvalue weighted by atomic mass is 9.92. The van der Waals surface area contributed by atoms with Gasteiger partial charge in [-0.25, -0.2) is 0 Å². The average molecular weight is 601 g/mol. The van der Waals surface area contributed by atoms with Gasteiger partial charge < -0.3 is 10.1 Å². The van der Waals surface area contributed by atoms with Gasteiger partial charge in [0.2, 0.25) is 0 Å². The molecular formula is C41H64N2O. The lowest BCUT2D eigenvalue weighted by molar-refractivity contribution is 0.414. The number of rotatable bonds is 15. The second kappa shape index (κ2) is 23.3. The summed E-state index contributed by atoms with van der Waals surface area (Å²) in [6.45, 7) is 20.6. The van der Waals surface area contributed by atoms with E-state index in [2.05, 4.69) is 100 Å². The van der Waals surface area contributed by atoms with Crippen molar-refractivity contribution in [3.8, 4) is 5.75 Å². The number of hydrogen-bond acceptors (Lipinski definition) is 3. The standard InChI is InChI=1S/C24H33NO.C15H25N.C2H6/c1-6-18(3)10-8-13-23(19(4)7-2)25-24(21-14-15-21)17-20-11-9-12-22(16-20)26-5;1-4-5-8-15(12-11-13(2)16-3)14-9-6-7-10-14;1-2/h8-13,16,25H,6-7,14-15,17H2,1-5H3;11-12,14H,3-10H2,1-2H3;1-2H3/b13-8-,18-10?,23-19?;13-11-,15-12+;. The van der Waals surface area contributed by atoms with Gasteiger partial charge in [0.25, 0.3) is 0 Å². The number of nitrogens with one attached hydrogen (secondary N) is 1. The van der Waals surface area contributed by atoms with Crippen molar-refractivity contribution in [1.82, 2.24) is 5.32 Å². The molecule has 1 N–H and O–H groups in total. The summed E-state index contributed by atoms with van der Waals surface area (Å²) in [6, 6.07) is 8.37. The molecule has 2 aliphatic rings. The largest absolute Gasteiger partial charge is 0.497 e. The molecule has 0 bridgehead atoms. The van der Waals surface area contributed by atoms with Crippen molar-refractivity contribution in [3.63, 3.8) is 0 Å². The zero-order chi connectivity index (χ0) is 32.7. The van der Waals surface area contributed by atoms with E-state index >= 15 is 0 Å². The summed E-state index contributed by atoms with van der Waals surface area (Å²) in [7, 11) is 1.72. The Morgan fingerprint density at radius 2 is 1.70 bits per heavy atom. The molecule has 0 aromatic heterocycles. The van der Waals surface area contributed by atoms with Gasteiger partial charge in [0.05, 0.1) is 7.11 Å². The fraction of sp³-hybridized carbons (Fsp3) is 0.537. The van der Waals surface area contributed by atoms with Crippen molar-refractivity contribution in [2.45, 2.75) is 132 Å². The summed E-state index contributed by atoms with van der Waals surface area (Å²) in [5.41, 5.74) is 10.8. The van der Waals surface area contributed by atoms with E-state index in [1.807, 2.05) is 26.8 Å². The molecule has 1 aromatic carbocycles. The molecular weight excluding hydrogens is 536 g/mol. The minimum atomic E-state index is 0.848. The van der Waals surface area contributed by atoms with Crippen molar-refractivity contribution in [2.75, 3.05) is 7.11 Å². The van der Waals surface area contributed by atoms with Crippen LogP contribution in [0.4, 0.5) is 0 Å². The monoisotopic (exact) mass is 601 g/mol. The van der Waals surface area contributed by atoms with Gasteiger partial charge in [-0.05, 0) is 120 Å². The maximum Gasteiger partial charge on any atom is 0.119 e. The normalized spacial score (nSPS) is 16.0. The number of unbranched alkanes of at least 4 members (excludes halogenated alkanes) is 1. The van der Waals surface area contributed by atoms with Crippen LogP contribution in [0.5, 0.6) is 5.75 Å². The zero-order valence-electron chi connectivity index (χ0n) is 29.8. The Labute approximate surface area is 272 Å². The maximum atomic E-state index is 5.37. The number of allylic oxidation sites excluding steroid dienone is 11. The van der Waals surface area contributed by atoms with E-state index < -0.39 is 0 Å². The smallest absolute Gasteiger partial charge is 0.119 e. The molecule has 0 unspecified atom stereocenters. The van der Waals surface area contributed by atoms with Crippen LogP contribution in [0.15, 0.2) is 99.0 Å². The lowest BCUT2D eigenvalue weighted by Gasteiger charge is -2.15. The van der Waals surface area contributed by atoms with E-state index in [1.165, 1.54) is 85.9 Å². The Kier molecular flexibility index (Phi) is 20.7. The Morgan fingerprint density at radius 1 is 1.00 bits per heavy atom. The van der Waals surface area contributed by atoms with E-state index in [0.29, 0.717) is 0 Å². The van der Waals surface area contributed by atoms with Crippen molar-refractivity contribution in [1.29, 1.82) is 0 Å². The summed E-state index contributed by atoms with van der Waals surface area (Å²) >= 11 is 0. The van der Waals surface area contributed by atoms with Gasteiger partial charge in [0.15, 0.2) is 0 Å². The molecule has 0 atom stereocenters. The second-order valence-corrected chi connectivity index (χ2v) is 11.8. The Hall–Kier alpha value is -3.07. The molecule has 2 fully saturated rings. The van der Waals surface area contributed by atoms with Crippen LogP contribution < -0.4 is 10.1 Å². The highest BCUT2D eigenvalue weighted by molar-refractivity contribution is 5.38. The van der Waals surface area contributed by atoms with E-state index in [4.69, 9.17) is 4.74 Å². The minimum Gasteiger partial charge on any atom is -0.497 e. The van der Waals surface area contributed by atoms with E-state index in [9.17, 15) is 0 Å². The fourth-order valence-electron chi connectivity index (χ4n) is 5.06. The second-order valence-electron chi connectivity index (χ2n) is 11.8.